The predicted molar refractivity (Wildman–Crippen MR) is 78.4 cm³/mol. The van der Waals surface area contributed by atoms with Gasteiger partial charge in [0.05, 0.1) is 16.8 Å². The standard InChI is InChI=1S/C13H17ClN2S/c1-8-5-4-6-11(14)12(8)16-13-15-9(2)7-10(3)17-13/h4-6,9-10H,7H2,1-3H3,(H,15,16). The number of benzene rings is 1. The molecule has 2 unspecified atom stereocenters. The Hall–Kier alpha value is -0.670. The normalized spacial score (nSPS) is 24.4. The zero-order chi connectivity index (χ0) is 12.4. The van der Waals surface area contributed by atoms with Crippen LogP contribution in [0.25, 0.3) is 0 Å². The maximum Gasteiger partial charge on any atom is 0.161 e. The summed E-state index contributed by atoms with van der Waals surface area (Å²) in [6.07, 6.45) is 1.14. The maximum atomic E-state index is 6.19. The van der Waals surface area contributed by atoms with Crippen LogP contribution in [0.2, 0.25) is 5.02 Å². The van der Waals surface area contributed by atoms with Crippen molar-refractivity contribution < 1.29 is 0 Å². The SMILES string of the molecule is Cc1cccc(Cl)c1NC1=NC(C)CC(C)S1. The first kappa shape index (κ1) is 12.8. The molecule has 0 bridgehead atoms. The van der Waals surface area contributed by atoms with Crippen LogP contribution in [0.5, 0.6) is 0 Å². The summed E-state index contributed by atoms with van der Waals surface area (Å²) in [5.74, 6) is 0. The molecule has 2 rings (SSSR count). The van der Waals surface area contributed by atoms with Crippen molar-refractivity contribution in [2.24, 2.45) is 4.99 Å². The van der Waals surface area contributed by atoms with Gasteiger partial charge in [-0.05, 0) is 31.9 Å². The van der Waals surface area contributed by atoms with E-state index in [-0.39, 0.29) is 0 Å². The summed E-state index contributed by atoms with van der Waals surface area (Å²) in [7, 11) is 0. The number of nitrogens with zero attached hydrogens (tertiary/aromatic N) is 1. The van der Waals surface area contributed by atoms with Gasteiger partial charge in [-0.3, -0.25) is 4.99 Å². The highest BCUT2D eigenvalue weighted by atomic mass is 35.5. The molecule has 2 nitrogen and oxygen atoms in total. The summed E-state index contributed by atoms with van der Waals surface area (Å²) in [4.78, 5) is 4.62. The van der Waals surface area contributed by atoms with Crippen molar-refractivity contribution in [2.75, 3.05) is 5.32 Å². The quantitative estimate of drug-likeness (QED) is 0.820. The molecule has 17 heavy (non-hydrogen) atoms. The number of aliphatic imine (C=N–C) groups is 1. The topological polar surface area (TPSA) is 24.4 Å². The lowest BCUT2D eigenvalue weighted by molar-refractivity contribution is 0.661. The van der Waals surface area contributed by atoms with E-state index in [4.69, 9.17) is 11.6 Å². The third-order valence-electron chi connectivity index (χ3n) is 2.78. The molecular weight excluding hydrogens is 252 g/mol. The molecule has 0 radical (unpaired) electrons. The van der Waals surface area contributed by atoms with Crippen LogP contribution in [0.15, 0.2) is 23.2 Å². The first-order valence-electron chi connectivity index (χ1n) is 5.83. The lowest BCUT2D eigenvalue weighted by Gasteiger charge is -2.23. The van der Waals surface area contributed by atoms with Crippen molar-refractivity contribution in [3.8, 4) is 0 Å². The Kier molecular flexibility index (Phi) is 4.00. The number of aryl methyl sites for hydroxylation is 1. The lowest BCUT2D eigenvalue weighted by Crippen LogP contribution is -2.23. The number of halogens is 1. The zero-order valence-corrected chi connectivity index (χ0v) is 11.9. The van der Waals surface area contributed by atoms with E-state index in [1.54, 1.807) is 11.8 Å². The minimum absolute atomic E-state index is 0.386. The predicted octanol–water partition coefficient (Wildman–Crippen LogP) is 4.33. The summed E-state index contributed by atoms with van der Waals surface area (Å²) in [5, 5.41) is 5.69. The molecule has 0 aromatic heterocycles. The highest BCUT2D eigenvalue weighted by Gasteiger charge is 2.19. The van der Waals surface area contributed by atoms with E-state index in [0.717, 1.165) is 27.9 Å². The van der Waals surface area contributed by atoms with E-state index in [1.807, 2.05) is 12.1 Å². The van der Waals surface area contributed by atoms with Crippen LogP contribution in [-0.4, -0.2) is 16.5 Å². The van der Waals surface area contributed by atoms with E-state index < -0.39 is 0 Å². The summed E-state index contributed by atoms with van der Waals surface area (Å²) in [6, 6.07) is 6.30. The molecule has 0 saturated carbocycles. The highest BCUT2D eigenvalue weighted by molar-refractivity contribution is 8.14. The van der Waals surface area contributed by atoms with Crippen LogP contribution < -0.4 is 5.32 Å². The molecule has 0 fully saturated rings. The van der Waals surface area contributed by atoms with Crippen LogP contribution in [-0.2, 0) is 0 Å². The van der Waals surface area contributed by atoms with Crippen molar-refractivity contribution >= 4 is 34.2 Å². The molecule has 1 aromatic rings. The fraction of sp³-hybridized carbons (Fsp3) is 0.462. The van der Waals surface area contributed by atoms with Crippen molar-refractivity contribution in [1.29, 1.82) is 0 Å². The average molecular weight is 269 g/mol. The van der Waals surface area contributed by atoms with Gasteiger partial charge < -0.3 is 5.32 Å². The fourth-order valence-corrected chi connectivity index (χ4v) is 3.39. The summed E-state index contributed by atoms with van der Waals surface area (Å²) in [6.45, 7) is 6.43. The minimum Gasteiger partial charge on any atom is -0.334 e. The largest absolute Gasteiger partial charge is 0.334 e. The molecular formula is C13H17ClN2S. The maximum absolute atomic E-state index is 6.19. The highest BCUT2D eigenvalue weighted by Crippen LogP contribution is 2.30. The second-order valence-electron chi connectivity index (χ2n) is 4.50. The molecule has 0 aliphatic carbocycles. The number of hydrogen-bond acceptors (Lipinski definition) is 3. The van der Waals surface area contributed by atoms with E-state index in [2.05, 4.69) is 37.1 Å². The molecule has 1 N–H and O–H groups in total. The van der Waals surface area contributed by atoms with Gasteiger partial charge in [0.15, 0.2) is 5.17 Å². The average Bonchev–Trinajstić information content (AvgIpc) is 2.22. The molecule has 1 aliphatic heterocycles. The summed E-state index contributed by atoms with van der Waals surface area (Å²) >= 11 is 7.98. The second-order valence-corrected chi connectivity index (χ2v) is 6.34. The number of thioether (sulfide) groups is 1. The number of rotatable bonds is 1. The van der Waals surface area contributed by atoms with Crippen molar-refractivity contribution in [3.05, 3.63) is 28.8 Å². The van der Waals surface area contributed by atoms with E-state index in [0.29, 0.717) is 11.3 Å². The Labute approximate surface area is 112 Å². The molecule has 92 valence electrons. The Morgan fingerprint density at radius 2 is 2.18 bits per heavy atom. The Morgan fingerprint density at radius 1 is 1.41 bits per heavy atom. The van der Waals surface area contributed by atoms with Crippen LogP contribution in [0.3, 0.4) is 0 Å². The van der Waals surface area contributed by atoms with Gasteiger partial charge in [0.2, 0.25) is 0 Å². The van der Waals surface area contributed by atoms with Gasteiger partial charge in [0, 0.05) is 5.25 Å². The first-order chi connectivity index (χ1) is 8.06. The molecule has 0 amide bonds. The van der Waals surface area contributed by atoms with E-state index in [1.165, 1.54) is 0 Å². The first-order valence-corrected chi connectivity index (χ1v) is 7.08. The third-order valence-corrected chi connectivity index (χ3v) is 4.12. The minimum atomic E-state index is 0.386. The Balaban J connectivity index is 2.21. The number of nitrogens with one attached hydrogen (secondary N) is 1. The van der Waals surface area contributed by atoms with Crippen molar-refractivity contribution in [3.63, 3.8) is 0 Å². The van der Waals surface area contributed by atoms with Crippen molar-refractivity contribution in [1.82, 2.24) is 0 Å². The Morgan fingerprint density at radius 3 is 2.82 bits per heavy atom. The molecule has 1 aromatic carbocycles. The van der Waals surface area contributed by atoms with Gasteiger partial charge in [-0.1, -0.05) is 42.4 Å². The van der Waals surface area contributed by atoms with E-state index >= 15 is 0 Å². The number of anilines is 1. The van der Waals surface area contributed by atoms with E-state index in [9.17, 15) is 0 Å². The monoisotopic (exact) mass is 268 g/mol. The van der Waals surface area contributed by atoms with Crippen LogP contribution in [0.4, 0.5) is 5.69 Å². The number of para-hydroxylation sites is 1. The zero-order valence-electron chi connectivity index (χ0n) is 10.3. The molecule has 2 atom stereocenters. The van der Waals surface area contributed by atoms with Crippen molar-refractivity contribution in [2.45, 2.75) is 38.5 Å². The smallest absolute Gasteiger partial charge is 0.161 e. The summed E-state index contributed by atoms with van der Waals surface area (Å²) in [5.41, 5.74) is 2.12. The molecule has 0 saturated heterocycles. The van der Waals surface area contributed by atoms with Crippen LogP contribution >= 0.6 is 23.4 Å². The van der Waals surface area contributed by atoms with Gasteiger partial charge in [-0.15, -0.1) is 0 Å². The summed E-state index contributed by atoms with van der Waals surface area (Å²) < 4.78 is 0. The van der Waals surface area contributed by atoms with Gasteiger partial charge in [0.25, 0.3) is 0 Å². The lowest BCUT2D eigenvalue weighted by atomic mass is 10.2. The van der Waals surface area contributed by atoms with Crippen LogP contribution in [0.1, 0.15) is 25.8 Å². The van der Waals surface area contributed by atoms with Crippen LogP contribution in [0, 0.1) is 6.92 Å². The molecule has 4 heteroatoms. The number of hydrogen-bond donors (Lipinski definition) is 1. The number of amidine groups is 1. The van der Waals surface area contributed by atoms with Gasteiger partial charge in [-0.2, -0.15) is 0 Å². The molecule has 1 aliphatic rings. The molecule has 1 heterocycles. The molecule has 0 spiro atoms. The second kappa shape index (κ2) is 5.32. The Bertz CT molecular complexity index is 425. The van der Waals surface area contributed by atoms with Gasteiger partial charge >= 0.3 is 0 Å². The van der Waals surface area contributed by atoms with Gasteiger partial charge in [-0.25, -0.2) is 0 Å². The third kappa shape index (κ3) is 3.17. The van der Waals surface area contributed by atoms with Gasteiger partial charge in [0.1, 0.15) is 0 Å². The fourth-order valence-electron chi connectivity index (χ4n) is 1.96.